The number of halogens is 2. The summed E-state index contributed by atoms with van der Waals surface area (Å²) in [4.78, 5) is 29.6. The SMILES string of the molecule is O=C(O)C1C2CCCC2CN1C(=O)c1coc(-c2c(F)cccc2F)n1. The van der Waals surface area contributed by atoms with Crippen molar-refractivity contribution >= 4 is 11.9 Å². The predicted molar refractivity (Wildman–Crippen MR) is 85.1 cm³/mol. The van der Waals surface area contributed by atoms with E-state index in [1.54, 1.807) is 0 Å². The smallest absolute Gasteiger partial charge is 0.326 e. The molecule has 6 nitrogen and oxygen atoms in total. The first-order valence-corrected chi connectivity index (χ1v) is 8.41. The van der Waals surface area contributed by atoms with Gasteiger partial charge >= 0.3 is 5.97 Å². The Labute approximate surface area is 147 Å². The summed E-state index contributed by atoms with van der Waals surface area (Å²) < 4.78 is 32.8. The quantitative estimate of drug-likeness (QED) is 0.908. The molecular formula is C18H16F2N2O4. The summed E-state index contributed by atoms with van der Waals surface area (Å²) in [5, 5.41) is 9.55. The molecule has 0 bridgehead atoms. The Morgan fingerprint density at radius 3 is 2.65 bits per heavy atom. The molecule has 2 fully saturated rings. The van der Waals surface area contributed by atoms with Crippen LogP contribution >= 0.6 is 0 Å². The standard InChI is InChI=1S/C18H16F2N2O4/c19-11-5-2-6-12(20)14(11)16-21-13(8-26-16)17(23)22-7-9-3-1-4-10(9)15(22)18(24)25/h2,5-6,8-10,15H,1,3-4,7H2,(H,24,25). The average Bonchev–Trinajstić information content (AvgIpc) is 3.29. The zero-order chi connectivity index (χ0) is 18.4. The van der Waals surface area contributed by atoms with Crippen LogP contribution in [-0.4, -0.2) is 39.5 Å². The van der Waals surface area contributed by atoms with E-state index in [0.29, 0.717) is 6.54 Å². The van der Waals surface area contributed by atoms with Crippen molar-refractivity contribution in [1.82, 2.24) is 9.88 Å². The second-order valence-corrected chi connectivity index (χ2v) is 6.73. The summed E-state index contributed by atoms with van der Waals surface area (Å²) in [5.74, 6) is -3.61. The molecule has 3 unspecified atom stereocenters. The Kier molecular flexibility index (Phi) is 3.97. The number of likely N-dealkylation sites (tertiary alicyclic amines) is 1. The number of hydrogen-bond acceptors (Lipinski definition) is 4. The maximum absolute atomic E-state index is 13.9. The van der Waals surface area contributed by atoms with E-state index in [9.17, 15) is 23.5 Å². The molecule has 136 valence electrons. The van der Waals surface area contributed by atoms with Crippen molar-refractivity contribution in [1.29, 1.82) is 0 Å². The van der Waals surface area contributed by atoms with Gasteiger partial charge in [0, 0.05) is 6.54 Å². The normalized spacial score (nSPS) is 24.7. The topological polar surface area (TPSA) is 83.6 Å². The number of rotatable bonds is 3. The van der Waals surface area contributed by atoms with Gasteiger partial charge in [-0.3, -0.25) is 4.79 Å². The highest BCUT2D eigenvalue weighted by Crippen LogP contribution is 2.42. The van der Waals surface area contributed by atoms with E-state index < -0.39 is 35.1 Å². The molecular weight excluding hydrogens is 346 g/mol. The number of carbonyl (C=O) groups is 2. The Morgan fingerprint density at radius 1 is 1.23 bits per heavy atom. The van der Waals surface area contributed by atoms with Crippen molar-refractivity contribution in [2.24, 2.45) is 11.8 Å². The number of nitrogens with zero attached hydrogens (tertiary/aromatic N) is 2. The second-order valence-electron chi connectivity index (χ2n) is 6.73. The van der Waals surface area contributed by atoms with Gasteiger partial charge in [-0.25, -0.2) is 18.6 Å². The minimum absolute atomic E-state index is 0.0631. The molecule has 1 saturated heterocycles. The van der Waals surface area contributed by atoms with E-state index in [1.807, 2.05) is 0 Å². The number of carboxylic acids is 1. The first-order chi connectivity index (χ1) is 12.5. The lowest BCUT2D eigenvalue weighted by atomic mass is 9.94. The first-order valence-electron chi connectivity index (χ1n) is 8.41. The van der Waals surface area contributed by atoms with E-state index >= 15 is 0 Å². The van der Waals surface area contributed by atoms with Crippen LogP contribution in [0.25, 0.3) is 11.5 Å². The van der Waals surface area contributed by atoms with E-state index in [4.69, 9.17) is 4.42 Å². The molecule has 1 saturated carbocycles. The zero-order valence-corrected chi connectivity index (χ0v) is 13.7. The number of oxazole rings is 1. The molecule has 1 aliphatic carbocycles. The summed E-state index contributed by atoms with van der Waals surface area (Å²) in [6.45, 7) is 0.344. The van der Waals surface area contributed by atoms with Crippen LogP contribution in [0.1, 0.15) is 29.8 Å². The lowest BCUT2D eigenvalue weighted by Gasteiger charge is -2.23. The predicted octanol–water partition coefficient (Wildman–Crippen LogP) is 2.95. The van der Waals surface area contributed by atoms with Crippen LogP contribution in [0.15, 0.2) is 28.9 Å². The zero-order valence-electron chi connectivity index (χ0n) is 13.7. The fraction of sp³-hybridized carbons (Fsp3) is 0.389. The Balaban J connectivity index is 1.64. The van der Waals surface area contributed by atoms with Gasteiger partial charge in [0.15, 0.2) is 5.69 Å². The molecule has 1 aliphatic heterocycles. The molecule has 1 N–H and O–H groups in total. The van der Waals surface area contributed by atoms with Gasteiger partial charge in [-0.2, -0.15) is 0 Å². The number of amides is 1. The highest BCUT2D eigenvalue weighted by atomic mass is 19.1. The van der Waals surface area contributed by atoms with Gasteiger partial charge in [-0.1, -0.05) is 12.5 Å². The van der Waals surface area contributed by atoms with Crippen LogP contribution in [0.3, 0.4) is 0 Å². The minimum atomic E-state index is -1.04. The molecule has 2 heterocycles. The molecule has 0 radical (unpaired) electrons. The number of fused-ring (bicyclic) bond motifs is 1. The van der Waals surface area contributed by atoms with Gasteiger partial charge in [0.25, 0.3) is 5.91 Å². The van der Waals surface area contributed by atoms with Crippen LogP contribution in [0.5, 0.6) is 0 Å². The van der Waals surface area contributed by atoms with Crippen molar-refractivity contribution < 1.29 is 27.9 Å². The first kappa shape index (κ1) is 16.7. The van der Waals surface area contributed by atoms with Gasteiger partial charge in [-0.15, -0.1) is 0 Å². The van der Waals surface area contributed by atoms with Gasteiger partial charge in [0.2, 0.25) is 5.89 Å². The fourth-order valence-corrected chi connectivity index (χ4v) is 4.17. The molecule has 2 aromatic rings. The summed E-state index contributed by atoms with van der Waals surface area (Å²) >= 11 is 0. The highest BCUT2D eigenvalue weighted by molar-refractivity contribution is 5.95. The number of benzene rings is 1. The highest BCUT2D eigenvalue weighted by Gasteiger charge is 2.50. The summed E-state index contributed by atoms with van der Waals surface area (Å²) in [7, 11) is 0. The van der Waals surface area contributed by atoms with Crippen molar-refractivity contribution in [2.75, 3.05) is 6.54 Å². The summed E-state index contributed by atoms with van der Waals surface area (Å²) in [6.07, 6.45) is 3.64. The van der Waals surface area contributed by atoms with E-state index in [0.717, 1.165) is 37.7 Å². The average molecular weight is 362 g/mol. The number of aliphatic carboxylic acids is 1. The van der Waals surface area contributed by atoms with Gasteiger partial charge < -0.3 is 14.4 Å². The van der Waals surface area contributed by atoms with Crippen molar-refractivity contribution in [3.8, 4) is 11.5 Å². The van der Waals surface area contributed by atoms with E-state index in [1.165, 1.54) is 11.0 Å². The second kappa shape index (κ2) is 6.19. The third kappa shape index (κ3) is 2.56. The number of carbonyl (C=O) groups excluding carboxylic acids is 1. The fourth-order valence-electron chi connectivity index (χ4n) is 4.17. The number of aromatic nitrogens is 1. The Hall–Kier alpha value is -2.77. The summed E-state index contributed by atoms with van der Waals surface area (Å²) in [6, 6.07) is 2.43. The molecule has 1 aromatic heterocycles. The summed E-state index contributed by atoms with van der Waals surface area (Å²) in [5.41, 5.74) is -0.617. The largest absolute Gasteiger partial charge is 0.480 e. The van der Waals surface area contributed by atoms with Gasteiger partial charge in [-0.05, 0) is 36.8 Å². The molecule has 26 heavy (non-hydrogen) atoms. The lowest BCUT2D eigenvalue weighted by molar-refractivity contribution is -0.142. The Morgan fingerprint density at radius 2 is 1.96 bits per heavy atom. The van der Waals surface area contributed by atoms with E-state index in [-0.39, 0.29) is 23.4 Å². The number of carboxylic acid groups (broad SMARTS) is 1. The van der Waals surface area contributed by atoms with E-state index in [2.05, 4.69) is 4.98 Å². The minimum Gasteiger partial charge on any atom is -0.480 e. The van der Waals surface area contributed by atoms with Gasteiger partial charge in [0.05, 0.1) is 0 Å². The van der Waals surface area contributed by atoms with Crippen LogP contribution < -0.4 is 0 Å². The van der Waals surface area contributed by atoms with Crippen LogP contribution in [0.2, 0.25) is 0 Å². The molecule has 1 amide bonds. The Bertz CT molecular complexity index is 862. The molecule has 1 aromatic carbocycles. The lowest BCUT2D eigenvalue weighted by Crippen LogP contribution is -2.43. The maximum Gasteiger partial charge on any atom is 0.326 e. The molecule has 3 atom stereocenters. The van der Waals surface area contributed by atoms with Crippen LogP contribution in [0.4, 0.5) is 8.78 Å². The molecule has 2 aliphatic rings. The van der Waals surface area contributed by atoms with Gasteiger partial charge in [0.1, 0.15) is 29.5 Å². The third-order valence-electron chi connectivity index (χ3n) is 5.30. The third-order valence-corrected chi connectivity index (χ3v) is 5.30. The van der Waals surface area contributed by atoms with Crippen molar-refractivity contribution in [3.63, 3.8) is 0 Å². The maximum atomic E-state index is 13.9. The molecule has 4 rings (SSSR count). The van der Waals surface area contributed by atoms with Crippen LogP contribution in [0, 0.1) is 23.5 Å². The number of hydrogen-bond donors (Lipinski definition) is 1. The molecule has 0 spiro atoms. The van der Waals surface area contributed by atoms with Crippen LogP contribution in [-0.2, 0) is 4.79 Å². The van der Waals surface area contributed by atoms with Crippen molar-refractivity contribution in [3.05, 3.63) is 41.8 Å². The monoisotopic (exact) mass is 362 g/mol. The van der Waals surface area contributed by atoms with Crippen molar-refractivity contribution in [2.45, 2.75) is 25.3 Å². The molecule has 8 heteroatoms.